The zero-order valence-electron chi connectivity index (χ0n) is 16.4. The number of alkyl halides is 3. The van der Waals surface area contributed by atoms with Gasteiger partial charge < -0.3 is 16.0 Å². The van der Waals surface area contributed by atoms with E-state index in [0.717, 1.165) is 17.7 Å². The molecule has 3 rings (SSSR count). The summed E-state index contributed by atoms with van der Waals surface area (Å²) in [6.07, 6.45) is -4.50. The lowest BCUT2D eigenvalue weighted by Crippen LogP contribution is -2.26. The third-order valence-electron chi connectivity index (χ3n) is 4.38. The topological polar surface area (TPSA) is 70.2 Å². The summed E-state index contributed by atoms with van der Waals surface area (Å²) in [7, 11) is 0. The molecule has 0 fully saturated rings. The summed E-state index contributed by atoms with van der Waals surface area (Å²) in [5.74, 6) is -0.857. The van der Waals surface area contributed by atoms with E-state index >= 15 is 0 Å². The molecular weight excluding hydrogens is 407 g/mol. The molecule has 8 heteroatoms. The first-order valence-electron chi connectivity index (χ1n) is 9.45. The summed E-state index contributed by atoms with van der Waals surface area (Å²) >= 11 is 0. The quantitative estimate of drug-likeness (QED) is 0.513. The second-order valence-corrected chi connectivity index (χ2v) is 6.69. The van der Waals surface area contributed by atoms with Crippen LogP contribution in [-0.2, 0) is 17.5 Å². The third kappa shape index (κ3) is 6.33. The lowest BCUT2D eigenvalue weighted by Gasteiger charge is -2.13. The smallest absolute Gasteiger partial charge is 0.376 e. The molecule has 0 saturated carbocycles. The maximum absolute atomic E-state index is 12.8. The van der Waals surface area contributed by atoms with Crippen molar-refractivity contribution in [1.82, 2.24) is 5.32 Å². The van der Waals surface area contributed by atoms with Crippen molar-refractivity contribution >= 4 is 23.2 Å². The molecule has 3 aromatic rings. The highest BCUT2D eigenvalue weighted by molar-refractivity contribution is 6.00. The number of carbonyl (C=O) groups is 2. The zero-order valence-corrected chi connectivity index (χ0v) is 16.4. The van der Waals surface area contributed by atoms with E-state index in [2.05, 4.69) is 16.0 Å². The molecule has 0 aliphatic heterocycles. The van der Waals surface area contributed by atoms with Crippen molar-refractivity contribution in [2.75, 3.05) is 17.2 Å². The van der Waals surface area contributed by atoms with Crippen LogP contribution in [0.3, 0.4) is 0 Å². The van der Waals surface area contributed by atoms with Crippen LogP contribution >= 0.6 is 0 Å². The van der Waals surface area contributed by atoms with Gasteiger partial charge in [-0.1, -0.05) is 48.5 Å². The van der Waals surface area contributed by atoms with Crippen molar-refractivity contribution in [3.63, 3.8) is 0 Å². The van der Waals surface area contributed by atoms with Crippen LogP contribution in [0.5, 0.6) is 0 Å². The van der Waals surface area contributed by atoms with Gasteiger partial charge in [0, 0.05) is 17.9 Å². The fraction of sp³-hybridized carbons (Fsp3) is 0.130. The van der Waals surface area contributed by atoms with Crippen molar-refractivity contribution in [1.29, 1.82) is 0 Å². The average Bonchev–Trinajstić information content (AvgIpc) is 2.76. The number of rotatable bonds is 7. The fourth-order valence-electron chi connectivity index (χ4n) is 2.86. The van der Waals surface area contributed by atoms with Crippen LogP contribution in [0.1, 0.15) is 21.5 Å². The minimum Gasteiger partial charge on any atom is -0.376 e. The highest BCUT2D eigenvalue weighted by atomic mass is 19.4. The molecule has 0 unspecified atom stereocenters. The van der Waals surface area contributed by atoms with Crippen molar-refractivity contribution in [2.24, 2.45) is 0 Å². The number of carbonyl (C=O) groups excluding carboxylic acids is 2. The minimum absolute atomic E-state index is 0.0375. The number of amides is 2. The predicted molar refractivity (Wildman–Crippen MR) is 113 cm³/mol. The first-order chi connectivity index (χ1) is 14.8. The third-order valence-corrected chi connectivity index (χ3v) is 4.38. The number of benzene rings is 3. The van der Waals surface area contributed by atoms with Gasteiger partial charge in [-0.25, -0.2) is 0 Å². The van der Waals surface area contributed by atoms with E-state index in [-0.39, 0.29) is 18.1 Å². The highest BCUT2D eigenvalue weighted by Crippen LogP contribution is 2.30. The second-order valence-electron chi connectivity index (χ2n) is 6.69. The molecule has 2 amide bonds. The molecule has 31 heavy (non-hydrogen) atoms. The fourth-order valence-corrected chi connectivity index (χ4v) is 2.86. The predicted octanol–water partition coefficient (Wildman–Crippen LogP) is 4.69. The summed E-state index contributed by atoms with van der Waals surface area (Å²) in [6, 6.07) is 20.5. The number of hydrogen-bond donors (Lipinski definition) is 3. The molecule has 0 spiro atoms. The molecular formula is C23H20F3N3O2. The Hall–Kier alpha value is -3.81. The van der Waals surface area contributed by atoms with Crippen LogP contribution in [0.4, 0.5) is 24.5 Å². The Morgan fingerprint density at radius 1 is 0.839 bits per heavy atom. The Kier molecular flexibility index (Phi) is 6.92. The van der Waals surface area contributed by atoms with Crippen LogP contribution in [0, 0.1) is 0 Å². The summed E-state index contributed by atoms with van der Waals surface area (Å²) in [6.45, 7) is 0.128. The molecule has 0 heterocycles. The van der Waals surface area contributed by atoms with Gasteiger partial charge in [-0.05, 0) is 35.9 Å². The van der Waals surface area contributed by atoms with Crippen LogP contribution in [-0.4, -0.2) is 18.4 Å². The zero-order chi connectivity index (χ0) is 22.3. The van der Waals surface area contributed by atoms with Crippen LogP contribution in [0.2, 0.25) is 0 Å². The molecule has 3 N–H and O–H groups in total. The maximum Gasteiger partial charge on any atom is 0.416 e. The van der Waals surface area contributed by atoms with E-state index in [1.165, 1.54) is 12.1 Å². The molecule has 0 aliphatic carbocycles. The van der Waals surface area contributed by atoms with E-state index in [9.17, 15) is 22.8 Å². The largest absolute Gasteiger partial charge is 0.416 e. The van der Waals surface area contributed by atoms with E-state index in [1.54, 1.807) is 24.3 Å². The molecule has 0 aliphatic rings. The van der Waals surface area contributed by atoms with Crippen LogP contribution < -0.4 is 16.0 Å². The van der Waals surface area contributed by atoms with Crippen molar-refractivity contribution in [3.8, 4) is 0 Å². The van der Waals surface area contributed by atoms with E-state index in [0.29, 0.717) is 17.8 Å². The van der Waals surface area contributed by atoms with Gasteiger partial charge in [0.05, 0.1) is 17.7 Å². The standard InChI is InChI=1S/C23H20F3N3O2/c24-23(25,26)17-9-6-10-18(13-17)29-21(30)15-27-20-12-5-4-11-19(20)22(31)28-14-16-7-2-1-3-8-16/h1-13,27H,14-15H2,(H,28,31)(H,29,30). The summed E-state index contributed by atoms with van der Waals surface area (Å²) in [4.78, 5) is 24.7. The molecule has 0 bridgehead atoms. The summed E-state index contributed by atoms with van der Waals surface area (Å²) < 4.78 is 38.4. The highest BCUT2D eigenvalue weighted by Gasteiger charge is 2.30. The molecule has 0 aromatic heterocycles. The first-order valence-corrected chi connectivity index (χ1v) is 9.45. The lowest BCUT2D eigenvalue weighted by atomic mass is 10.1. The first kappa shape index (κ1) is 21.9. The Labute approximate surface area is 177 Å². The molecule has 0 atom stereocenters. The number of anilines is 2. The van der Waals surface area contributed by atoms with Gasteiger partial charge in [0.25, 0.3) is 5.91 Å². The number of nitrogens with one attached hydrogen (secondary N) is 3. The van der Waals surface area contributed by atoms with E-state index in [4.69, 9.17) is 0 Å². The average molecular weight is 427 g/mol. The number of hydrogen-bond acceptors (Lipinski definition) is 3. The second kappa shape index (κ2) is 9.80. The molecule has 0 saturated heterocycles. The van der Waals surface area contributed by atoms with Gasteiger partial charge in [0.15, 0.2) is 0 Å². The van der Waals surface area contributed by atoms with E-state index < -0.39 is 17.6 Å². The number of para-hydroxylation sites is 1. The van der Waals surface area contributed by atoms with Gasteiger partial charge in [-0.3, -0.25) is 9.59 Å². The van der Waals surface area contributed by atoms with Gasteiger partial charge in [-0.15, -0.1) is 0 Å². The maximum atomic E-state index is 12.8. The number of halogens is 3. The van der Waals surface area contributed by atoms with Gasteiger partial charge >= 0.3 is 6.18 Å². The molecule has 3 aromatic carbocycles. The van der Waals surface area contributed by atoms with Crippen molar-refractivity contribution in [3.05, 3.63) is 95.6 Å². The van der Waals surface area contributed by atoms with Crippen LogP contribution in [0.15, 0.2) is 78.9 Å². The van der Waals surface area contributed by atoms with Gasteiger partial charge in [0.1, 0.15) is 0 Å². The Morgan fingerprint density at radius 3 is 2.29 bits per heavy atom. The minimum atomic E-state index is -4.50. The van der Waals surface area contributed by atoms with Gasteiger partial charge in [0.2, 0.25) is 5.91 Å². The van der Waals surface area contributed by atoms with Crippen molar-refractivity contribution in [2.45, 2.75) is 12.7 Å². The Bertz CT molecular complexity index is 1050. The summed E-state index contributed by atoms with van der Waals surface area (Å²) in [5.41, 5.74) is 0.925. The molecule has 160 valence electrons. The Morgan fingerprint density at radius 2 is 1.55 bits per heavy atom. The molecule has 0 radical (unpaired) electrons. The lowest BCUT2D eigenvalue weighted by molar-refractivity contribution is -0.137. The van der Waals surface area contributed by atoms with Crippen LogP contribution in [0.25, 0.3) is 0 Å². The van der Waals surface area contributed by atoms with Gasteiger partial charge in [-0.2, -0.15) is 13.2 Å². The van der Waals surface area contributed by atoms with Crippen molar-refractivity contribution < 1.29 is 22.8 Å². The Balaban J connectivity index is 1.59. The normalized spacial score (nSPS) is 10.9. The molecule has 5 nitrogen and oxygen atoms in total. The van der Waals surface area contributed by atoms with E-state index in [1.807, 2.05) is 30.3 Å². The SMILES string of the molecule is O=C(CNc1ccccc1C(=O)NCc1ccccc1)Nc1cccc(C(F)(F)F)c1. The summed E-state index contributed by atoms with van der Waals surface area (Å²) in [5, 5.41) is 8.10. The monoisotopic (exact) mass is 427 g/mol.